The number of rotatable bonds is 4. The Bertz CT molecular complexity index is 1160. The van der Waals surface area contributed by atoms with Gasteiger partial charge in [0.25, 0.3) is 10.0 Å². The highest BCUT2D eigenvalue weighted by molar-refractivity contribution is 7.92. The summed E-state index contributed by atoms with van der Waals surface area (Å²) in [4.78, 5) is 12.0. The minimum atomic E-state index is -3.88. The first kappa shape index (κ1) is 17.1. The van der Waals surface area contributed by atoms with Gasteiger partial charge in [-0.3, -0.25) is 4.79 Å². The van der Waals surface area contributed by atoms with E-state index in [1.54, 1.807) is 23.6 Å². The summed E-state index contributed by atoms with van der Waals surface area (Å²) >= 11 is 2.22. The van der Waals surface area contributed by atoms with E-state index < -0.39 is 16.0 Å². The lowest BCUT2D eigenvalue weighted by Crippen LogP contribution is -2.22. The zero-order valence-corrected chi connectivity index (χ0v) is 15.8. The zero-order valence-electron chi connectivity index (χ0n) is 13.4. The maximum absolute atomic E-state index is 12.5. The molecular weight excluding hydrogens is 400 g/mol. The molecule has 0 N–H and O–H groups in total. The first-order valence-electron chi connectivity index (χ1n) is 7.32. The van der Waals surface area contributed by atoms with Gasteiger partial charge in [0.15, 0.2) is 11.5 Å². The van der Waals surface area contributed by atoms with E-state index in [1.165, 1.54) is 17.7 Å². The highest BCUT2D eigenvalue weighted by Crippen LogP contribution is 2.37. The number of ether oxygens (including phenoxy) is 3. The number of thiazole rings is 1. The van der Waals surface area contributed by atoms with E-state index in [0.29, 0.717) is 17.0 Å². The van der Waals surface area contributed by atoms with Crippen LogP contribution in [0.25, 0.3) is 10.2 Å². The van der Waals surface area contributed by atoms with Gasteiger partial charge in [-0.1, -0.05) is 17.4 Å². The van der Waals surface area contributed by atoms with Crippen molar-refractivity contribution in [3.8, 4) is 11.5 Å². The molecule has 0 atom stereocenters. The highest BCUT2D eigenvalue weighted by Gasteiger charge is 2.21. The van der Waals surface area contributed by atoms with Gasteiger partial charge in [0, 0.05) is 12.1 Å². The number of benzene rings is 1. The van der Waals surface area contributed by atoms with Crippen molar-refractivity contribution in [1.29, 1.82) is 0 Å². The Morgan fingerprint density at radius 3 is 2.81 bits per heavy atom. The van der Waals surface area contributed by atoms with Crippen molar-refractivity contribution in [2.24, 2.45) is 4.40 Å². The molecule has 0 spiro atoms. The summed E-state index contributed by atoms with van der Waals surface area (Å²) in [5, 5.41) is 1.66. The average molecular weight is 412 g/mol. The Morgan fingerprint density at radius 1 is 1.35 bits per heavy atom. The number of sulfonamides is 1. The normalized spacial score (nSPS) is 14.1. The maximum atomic E-state index is 12.5. The number of aromatic nitrogens is 1. The van der Waals surface area contributed by atoms with Crippen LogP contribution in [-0.4, -0.2) is 32.9 Å². The van der Waals surface area contributed by atoms with Crippen LogP contribution in [-0.2, 0) is 26.1 Å². The lowest BCUT2D eigenvalue weighted by molar-refractivity contribution is -0.141. The van der Waals surface area contributed by atoms with E-state index >= 15 is 0 Å². The smallest absolute Gasteiger partial charge is 0.325 e. The van der Waals surface area contributed by atoms with Crippen molar-refractivity contribution in [2.45, 2.75) is 10.8 Å². The summed E-state index contributed by atoms with van der Waals surface area (Å²) < 4.78 is 46.8. The largest absolute Gasteiger partial charge is 0.468 e. The lowest BCUT2D eigenvalue weighted by atomic mass is 10.3. The van der Waals surface area contributed by atoms with E-state index in [0.717, 1.165) is 27.4 Å². The van der Waals surface area contributed by atoms with Crippen LogP contribution in [0.1, 0.15) is 0 Å². The van der Waals surface area contributed by atoms with Crippen LogP contribution in [0.15, 0.2) is 38.3 Å². The molecular formula is C15H12N2O6S3. The predicted molar refractivity (Wildman–Crippen MR) is 95.0 cm³/mol. The predicted octanol–water partition coefficient (Wildman–Crippen LogP) is 1.96. The first-order chi connectivity index (χ1) is 12.5. The molecule has 8 nitrogen and oxygen atoms in total. The average Bonchev–Trinajstić information content (AvgIpc) is 3.33. The minimum absolute atomic E-state index is 0.119. The quantitative estimate of drug-likeness (QED) is 0.608. The second-order valence-electron chi connectivity index (χ2n) is 5.22. The summed E-state index contributed by atoms with van der Waals surface area (Å²) in [5.41, 5.74) is 0.616. The van der Waals surface area contributed by atoms with Gasteiger partial charge in [-0.2, -0.15) is 8.42 Å². The Balaban J connectivity index is 1.95. The molecule has 0 amide bonds. The van der Waals surface area contributed by atoms with Gasteiger partial charge < -0.3 is 18.8 Å². The molecule has 3 aromatic rings. The molecule has 0 fully saturated rings. The second-order valence-corrected chi connectivity index (χ2v) is 9.01. The molecule has 136 valence electrons. The monoisotopic (exact) mass is 412 g/mol. The zero-order chi connectivity index (χ0) is 18.3. The molecule has 4 rings (SSSR count). The van der Waals surface area contributed by atoms with Gasteiger partial charge in [-0.05, 0) is 11.4 Å². The van der Waals surface area contributed by atoms with E-state index in [4.69, 9.17) is 14.2 Å². The van der Waals surface area contributed by atoms with Crippen molar-refractivity contribution in [1.82, 2.24) is 4.57 Å². The van der Waals surface area contributed by atoms with Crippen molar-refractivity contribution in [2.75, 3.05) is 13.9 Å². The number of hydrogen-bond acceptors (Lipinski definition) is 8. The number of esters is 1. The van der Waals surface area contributed by atoms with Crippen LogP contribution in [0, 0.1) is 0 Å². The molecule has 0 saturated carbocycles. The molecule has 2 aromatic heterocycles. The molecule has 11 heteroatoms. The van der Waals surface area contributed by atoms with Gasteiger partial charge >= 0.3 is 5.97 Å². The van der Waals surface area contributed by atoms with Gasteiger partial charge in [0.2, 0.25) is 11.6 Å². The van der Waals surface area contributed by atoms with Crippen LogP contribution >= 0.6 is 22.7 Å². The fourth-order valence-electron chi connectivity index (χ4n) is 2.43. The number of carbonyl (C=O) groups excluding carboxylic acids is 1. The lowest BCUT2D eigenvalue weighted by Gasteiger charge is -2.04. The third-order valence-corrected chi connectivity index (χ3v) is 7.44. The molecule has 0 radical (unpaired) electrons. The van der Waals surface area contributed by atoms with Gasteiger partial charge in [-0.15, -0.1) is 15.7 Å². The second kappa shape index (κ2) is 6.41. The van der Waals surface area contributed by atoms with Crippen LogP contribution in [0.3, 0.4) is 0 Å². The molecule has 1 aromatic carbocycles. The molecule has 26 heavy (non-hydrogen) atoms. The van der Waals surface area contributed by atoms with Crippen molar-refractivity contribution >= 4 is 48.9 Å². The van der Waals surface area contributed by atoms with Crippen LogP contribution in [0.5, 0.6) is 11.5 Å². The number of nitrogens with zero attached hydrogens (tertiary/aromatic N) is 2. The summed E-state index contributed by atoms with van der Waals surface area (Å²) in [6, 6.07) is 6.57. The van der Waals surface area contributed by atoms with Crippen molar-refractivity contribution < 1.29 is 27.4 Å². The first-order valence-corrected chi connectivity index (χ1v) is 10.5. The van der Waals surface area contributed by atoms with Gasteiger partial charge in [-0.25, -0.2) is 0 Å². The molecule has 0 bridgehead atoms. The SMILES string of the molecule is COC(=O)Cn1c(=NS(=O)(=O)c2cccs2)sc2cc3c(cc21)OCO3. The van der Waals surface area contributed by atoms with Crippen LogP contribution in [0.4, 0.5) is 0 Å². The topological polar surface area (TPSA) is 96.2 Å². The van der Waals surface area contributed by atoms with Crippen molar-refractivity contribution in [3.05, 3.63) is 34.4 Å². The fourth-order valence-corrected chi connectivity index (χ4v) is 5.65. The van der Waals surface area contributed by atoms with E-state index in [-0.39, 0.29) is 22.3 Å². The fraction of sp³-hybridized carbons (Fsp3) is 0.200. The Kier molecular flexibility index (Phi) is 4.21. The summed E-state index contributed by atoms with van der Waals surface area (Å²) in [5.74, 6) is 0.579. The number of methoxy groups -OCH3 is 1. The molecule has 1 aliphatic rings. The maximum Gasteiger partial charge on any atom is 0.325 e. The van der Waals surface area contributed by atoms with Crippen molar-refractivity contribution in [3.63, 3.8) is 0 Å². The molecule has 0 aliphatic carbocycles. The highest BCUT2D eigenvalue weighted by atomic mass is 32.2. The van der Waals surface area contributed by atoms with Gasteiger partial charge in [0.1, 0.15) is 10.8 Å². The summed E-state index contributed by atoms with van der Waals surface area (Å²) in [6.45, 7) is -0.0530. The Labute approximate surface area is 155 Å². The van der Waals surface area contributed by atoms with Gasteiger partial charge in [0.05, 0.1) is 17.3 Å². The van der Waals surface area contributed by atoms with Crippen LogP contribution < -0.4 is 14.3 Å². The number of fused-ring (bicyclic) bond motifs is 2. The number of hydrogen-bond donors (Lipinski definition) is 0. The third kappa shape index (κ3) is 2.97. The molecule has 0 saturated heterocycles. The number of carbonyl (C=O) groups is 1. The Morgan fingerprint density at radius 2 is 2.12 bits per heavy atom. The van der Waals surface area contributed by atoms with E-state index in [2.05, 4.69) is 4.40 Å². The standard InChI is InChI=1S/C15H12N2O6S3/c1-21-13(18)7-17-9-5-10-11(23-8-22-10)6-12(9)25-15(17)16-26(19,20)14-3-2-4-24-14/h2-6H,7-8H2,1H3. The number of thiophene rings is 1. The summed E-state index contributed by atoms with van der Waals surface area (Å²) in [6.07, 6.45) is 0. The van der Waals surface area contributed by atoms with E-state index in [9.17, 15) is 13.2 Å². The molecule has 0 unspecified atom stereocenters. The Hall–Kier alpha value is -2.37. The third-order valence-electron chi connectivity index (χ3n) is 3.64. The van der Waals surface area contributed by atoms with E-state index in [1.807, 2.05) is 0 Å². The molecule has 1 aliphatic heterocycles. The summed E-state index contributed by atoms with van der Waals surface area (Å²) in [7, 11) is -2.61. The minimum Gasteiger partial charge on any atom is -0.468 e. The molecule has 3 heterocycles. The van der Waals surface area contributed by atoms with Crippen LogP contribution in [0.2, 0.25) is 0 Å².